The predicted molar refractivity (Wildman–Crippen MR) is 87.8 cm³/mol. The normalized spacial score (nSPS) is 10.0. The van der Waals surface area contributed by atoms with Gasteiger partial charge in [-0.1, -0.05) is 18.2 Å². The maximum atomic E-state index is 12.0. The van der Waals surface area contributed by atoms with Crippen molar-refractivity contribution in [2.75, 3.05) is 19.0 Å². The second-order valence-corrected chi connectivity index (χ2v) is 5.13. The lowest BCUT2D eigenvalue weighted by Crippen LogP contribution is -2.20. The lowest BCUT2D eigenvalue weighted by Gasteiger charge is -2.12. The first-order valence-electron chi connectivity index (χ1n) is 7.18. The van der Waals surface area contributed by atoms with E-state index in [0.717, 1.165) is 16.9 Å². The highest BCUT2D eigenvalue weighted by Crippen LogP contribution is 2.22. The first kappa shape index (κ1) is 16.5. The number of ether oxygens (including phenoxy) is 2. The van der Waals surface area contributed by atoms with E-state index in [4.69, 9.17) is 4.74 Å². The molecular weight excluding hydrogens is 294 g/mol. The van der Waals surface area contributed by atoms with Crippen LogP contribution in [0, 0.1) is 13.8 Å². The Kier molecular flexibility index (Phi) is 5.36. The van der Waals surface area contributed by atoms with Crippen molar-refractivity contribution >= 4 is 17.6 Å². The summed E-state index contributed by atoms with van der Waals surface area (Å²) in [7, 11) is 1.32. The Morgan fingerprint density at radius 1 is 1.00 bits per heavy atom. The van der Waals surface area contributed by atoms with Gasteiger partial charge in [-0.15, -0.1) is 0 Å². The first-order chi connectivity index (χ1) is 11.0. The van der Waals surface area contributed by atoms with Gasteiger partial charge in [0, 0.05) is 5.69 Å². The molecule has 0 radical (unpaired) electrons. The molecule has 0 heterocycles. The van der Waals surface area contributed by atoms with Gasteiger partial charge in [-0.25, -0.2) is 4.79 Å². The summed E-state index contributed by atoms with van der Waals surface area (Å²) in [5, 5.41) is 2.72. The fourth-order valence-corrected chi connectivity index (χ4v) is 2.17. The third kappa shape index (κ3) is 4.32. The largest absolute Gasteiger partial charge is 0.483 e. The lowest BCUT2D eigenvalue weighted by atomic mass is 10.1. The number of carbonyl (C=O) groups is 2. The average molecular weight is 313 g/mol. The highest BCUT2D eigenvalue weighted by molar-refractivity contribution is 5.93. The first-order valence-corrected chi connectivity index (χ1v) is 7.18. The molecule has 0 aliphatic carbocycles. The van der Waals surface area contributed by atoms with Crippen LogP contribution < -0.4 is 10.1 Å². The van der Waals surface area contributed by atoms with Crippen molar-refractivity contribution in [3.05, 3.63) is 59.2 Å². The maximum absolute atomic E-state index is 12.0. The monoisotopic (exact) mass is 313 g/mol. The highest BCUT2D eigenvalue weighted by atomic mass is 16.5. The van der Waals surface area contributed by atoms with Gasteiger partial charge < -0.3 is 14.8 Å². The van der Waals surface area contributed by atoms with E-state index in [9.17, 15) is 9.59 Å². The van der Waals surface area contributed by atoms with Gasteiger partial charge in [-0.05, 0) is 49.2 Å². The second kappa shape index (κ2) is 7.45. The quantitative estimate of drug-likeness (QED) is 0.861. The number of rotatable bonds is 5. The molecular formula is C18H19NO4. The van der Waals surface area contributed by atoms with E-state index in [0.29, 0.717) is 11.3 Å². The van der Waals surface area contributed by atoms with Gasteiger partial charge in [-0.2, -0.15) is 0 Å². The van der Waals surface area contributed by atoms with Gasteiger partial charge in [0.2, 0.25) is 0 Å². The van der Waals surface area contributed by atoms with Gasteiger partial charge in [0.05, 0.1) is 12.7 Å². The molecule has 0 unspecified atom stereocenters. The Morgan fingerprint density at radius 3 is 2.17 bits per heavy atom. The summed E-state index contributed by atoms with van der Waals surface area (Å²) in [4.78, 5) is 23.3. The zero-order valence-electron chi connectivity index (χ0n) is 13.4. The molecule has 0 saturated heterocycles. The van der Waals surface area contributed by atoms with E-state index in [1.807, 2.05) is 32.0 Å². The molecule has 0 bridgehead atoms. The number of amides is 1. The number of nitrogens with one attached hydrogen (secondary N) is 1. The summed E-state index contributed by atoms with van der Waals surface area (Å²) >= 11 is 0. The van der Waals surface area contributed by atoms with Crippen molar-refractivity contribution in [3.63, 3.8) is 0 Å². The van der Waals surface area contributed by atoms with Crippen LogP contribution in [-0.4, -0.2) is 25.6 Å². The van der Waals surface area contributed by atoms with Crippen LogP contribution in [0.25, 0.3) is 0 Å². The minimum absolute atomic E-state index is 0.0789. The van der Waals surface area contributed by atoms with Crippen LogP contribution in [0.4, 0.5) is 5.69 Å². The second-order valence-electron chi connectivity index (χ2n) is 5.13. The Hall–Kier alpha value is -2.82. The van der Waals surface area contributed by atoms with Crippen LogP contribution in [-0.2, 0) is 9.53 Å². The Labute approximate surface area is 135 Å². The van der Waals surface area contributed by atoms with Crippen LogP contribution in [0.5, 0.6) is 5.75 Å². The molecule has 5 heteroatoms. The Morgan fingerprint density at radius 2 is 1.61 bits per heavy atom. The topological polar surface area (TPSA) is 64.6 Å². The molecule has 0 aliphatic heterocycles. The van der Waals surface area contributed by atoms with Crippen LogP contribution in [0.15, 0.2) is 42.5 Å². The zero-order valence-corrected chi connectivity index (χ0v) is 13.4. The molecule has 0 spiro atoms. The third-order valence-electron chi connectivity index (χ3n) is 3.35. The average Bonchev–Trinajstić information content (AvgIpc) is 2.54. The van der Waals surface area contributed by atoms with E-state index in [2.05, 4.69) is 10.1 Å². The number of para-hydroxylation sites is 1. The van der Waals surface area contributed by atoms with Crippen molar-refractivity contribution < 1.29 is 19.1 Å². The number of carbonyl (C=O) groups excluding carboxylic acids is 2. The molecule has 120 valence electrons. The number of aryl methyl sites for hydroxylation is 2. The van der Waals surface area contributed by atoms with Gasteiger partial charge in [0.25, 0.3) is 5.91 Å². The SMILES string of the molecule is COC(=O)c1ccc(NC(=O)COc2c(C)cccc2C)cc1. The number of esters is 1. The molecule has 0 aromatic heterocycles. The summed E-state index contributed by atoms with van der Waals surface area (Å²) in [5.74, 6) is 0.0448. The number of anilines is 1. The summed E-state index contributed by atoms with van der Waals surface area (Å²) in [6.07, 6.45) is 0. The zero-order chi connectivity index (χ0) is 16.8. The van der Waals surface area contributed by atoms with Crippen LogP contribution >= 0.6 is 0 Å². The molecule has 0 atom stereocenters. The van der Waals surface area contributed by atoms with E-state index < -0.39 is 5.97 Å². The highest BCUT2D eigenvalue weighted by Gasteiger charge is 2.09. The molecule has 5 nitrogen and oxygen atoms in total. The number of benzene rings is 2. The lowest BCUT2D eigenvalue weighted by molar-refractivity contribution is -0.118. The molecule has 23 heavy (non-hydrogen) atoms. The van der Waals surface area contributed by atoms with Gasteiger partial charge in [0.1, 0.15) is 5.75 Å². The fourth-order valence-electron chi connectivity index (χ4n) is 2.17. The maximum Gasteiger partial charge on any atom is 0.337 e. The van der Waals surface area contributed by atoms with Crippen LogP contribution in [0.3, 0.4) is 0 Å². The number of hydrogen-bond donors (Lipinski definition) is 1. The molecule has 1 N–H and O–H groups in total. The summed E-state index contributed by atoms with van der Waals surface area (Å²) in [6.45, 7) is 3.79. The van der Waals surface area contributed by atoms with E-state index >= 15 is 0 Å². The van der Waals surface area contributed by atoms with Crippen molar-refractivity contribution in [2.24, 2.45) is 0 Å². The number of hydrogen-bond acceptors (Lipinski definition) is 4. The molecule has 0 fully saturated rings. The van der Waals surface area contributed by atoms with Crippen LogP contribution in [0.1, 0.15) is 21.5 Å². The predicted octanol–water partition coefficient (Wildman–Crippen LogP) is 3.11. The van der Waals surface area contributed by atoms with Gasteiger partial charge >= 0.3 is 5.97 Å². The smallest absolute Gasteiger partial charge is 0.337 e. The van der Waals surface area contributed by atoms with Crippen molar-refractivity contribution in [1.82, 2.24) is 0 Å². The number of methoxy groups -OCH3 is 1. The van der Waals surface area contributed by atoms with E-state index in [1.165, 1.54) is 7.11 Å². The Balaban J connectivity index is 1.93. The molecule has 2 rings (SSSR count). The standard InChI is InChI=1S/C18H19NO4/c1-12-5-4-6-13(2)17(12)23-11-16(20)19-15-9-7-14(8-10-15)18(21)22-3/h4-10H,11H2,1-3H3,(H,19,20). The third-order valence-corrected chi connectivity index (χ3v) is 3.35. The minimum atomic E-state index is -0.416. The van der Waals surface area contributed by atoms with Gasteiger partial charge in [-0.3, -0.25) is 4.79 Å². The molecule has 0 saturated carbocycles. The van der Waals surface area contributed by atoms with Crippen LogP contribution in [0.2, 0.25) is 0 Å². The molecule has 1 amide bonds. The summed E-state index contributed by atoms with van der Waals surface area (Å²) in [5.41, 5.74) is 2.99. The van der Waals surface area contributed by atoms with E-state index in [1.54, 1.807) is 24.3 Å². The molecule has 2 aromatic rings. The summed E-state index contributed by atoms with van der Waals surface area (Å²) < 4.78 is 10.2. The van der Waals surface area contributed by atoms with Crippen molar-refractivity contribution in [2.45, 2.75) is 13.8 Å². The van der Waals surface area contributed by atoms with Crippen molar-refractivity contribution in [1.29, 1.82) is 0 Å². The Bertz CT molecular complexity index is 687. The van der Waals surface area contributed by atoms with E-state index in [-0.39, 0.29) is 12.5 Å². The minimum Gasteiger partial charge on any atom is -0.483 e. The fraction of sp³-hybridized carbons (Fsp3) is 0.222. The molecule has 2 aromatic carbocycles. The summed E-state index contributed by atoms with van der Waals surface area (Å²) in [6, 6.07) is 12.3. The van der Waals surface area contributed by atoms with Crippen molar-refractivity contribution in [3.8, 4) is 5.75 Å². The molecule has 0 aliphatic rings. The van der Waals surface area contributed by atoms with Gasteiger partial charge in [0.15, 0.2) is 6.61 Å².